The van der Waals surface area contributed by atoms with Crippen molar-refractivity contribution in [1.29, 1.82) is 0 Å². The minimum atomic E-state index is 0.0970. The average molecular weight is 312 g/mol. The van der Waals surface area contributed by atoms with Gasteiger partial charge in [0, 0.05) is 50.3 Å². The van der Waals surface area contributed by atoms with Gasteiger partial charge in [-0.1, -0.05) is 12.1 Å². The molecule has 0 aliphatic carbocycles. The summed E-state index contributed by atoms with van der Waals surface area (Å²) in [6.45, 7) is 4.82. The van der Waals surface area contributed by atoms with Crippen LogP contribution in [0.2, 0.25) is 0 Å². The number of likely N-dealkylation sites (N-methyl/N-ethyl adjacent to an activating group) is 1. The molecule has 0 saturated carbocycles. The molecule has 0 radical (unpaired) electrons. The fourth-order valence-electron chi connectivity index (χ4n) is 3.12. The number of hydrogen-bond acceptors (Lipinski definition) is 5. The topological polar surface area (TPSA) is 52.5 Å². The van der Waals surface area contributed by atoms with E-state index in [-0.39, 0.29) is 12.6 Å². The van der Waals surface area contributed by atoms with Crippen LogP contribution < -0.4 is 4.90 Å². The molecular weight excluding hydrogens is 288 g/mol. The second-order valence-electron chi connectivity index (χ2n) is 6.24. The Balaban J connectivity index is 1.88. The van der Waals surface area contributed by atoms with Crippen LogP contribution >= 0.6 is 0 Å². The summed E-state index contributed by atoms with van der Waals surface area (Å²) in [7, 11) is 2.03. The first-order valence-corrected chi connectivity index (χ1v) is 8.09. The fraction of sp³-hybridized carbons (Fsp3) is 0.444. The highest BCUT2D eigenvalue weighted by atomic mass is 16.3. The van der Waals surface area contributed by atoms with Gasteiger partial charge in [0.25, 0.3) is 0 Å². The van der Waals surface area contributed by atoms with E-state index in [0.29, 0.717) is 0 Å². The van der Waals surface area contributed by atoms with Gasteiger partial charge in [-0.3, -0.25) is 9.88 Å². The molecule has 2 aromatic heterocycles. The summed E-state index contributed by atoms with van der Waals surface area (Å²) in [4.78, 5) is 13.4. The predicted octanol–water partition coefficient (Wildman–Crippen LogP) is 1.99. The zero-order valence-electron chi connectivity index (χ0n) is 13.8. The maximum Gasteiger partial charge on any atom is 0.133 e. The Morgan fingerprint density at radius 3 is 2.91 bits per heavy atom. The van der Waals surface area contributed by atoms with E-state index in [1.807, 2.05) is 26.2 Å². The van der Waals surface area contributed by atoms with Crippen LogP contribution in [0, 0.1) is 6.92 Å². The zero-order chi connectivity index (χ0) is 16.2. The standard InChI is InChI=1S/C18H24N4O/c1-14-5-6-16-12-22(11-15-4-3-8-19-10-15)9-7-17(13-23)21(2)18(16)20-14/h3-6,8,10,17,23H,7,9,11-13H2,1-2H3. The Morgan fingerprint density at radius 1 is 1.30 bits per heavy atom. The highest BCUT2D eigenvalue weighted by Gasteiger charge is 2.23. The number of nitrogens with zero attached hydrogens (tertiary/aromatic N) is 4. The number of aromatic nitrogens is 2. The molecule has 0 bridgehead atoms. The maximum absolute atomic E-state index is 9.75. The maximum atomic E-state index is 9.75. The number of aliphatic hydroxyl groups excluding tert-OH is 1. The number of anilines is 1. The van der Waals surface area contributed by atoms with Crippen molar-refractivity contribution in [3.63, 3.8) is 0 Å². The Hall–Kier alpha value is -1.98. The van der Waals surface area contributed by atoms with Crippen molar-refractivity contribution in [2.24, 2.45) is 0 Å². The largest absolute Gasteiger partial charge is 0.394 e. The third-order valence-electron chi connectivity index (χ3n) is 4.49. The molecule has 122 valence electrons. The zero-order valence-corrected chi connectivity index (χ0v) is 13.8. The van der Waals surface area contributed by atoms with Gasteiger partial charge in [-0.25, -0.2) is 4.98 Å². The van der Waals surface area contributed by atoms with E-state index in [4.69, 9.17) is 4.98 Å². The summed E-state index contributed by atoms with van der Waals surface area (Å²) in [5.74, 6) is 0.986. The summed E-state index contributed by atoms with van der Waals surface area (Å²) in [5, 5.41) is 9.75. The molecule has 0 amide bonds. The second-order valence-corrected chi connectivity index (χ2v) is 6.24. The van der Waals surface area contributed by atoms with E-state index >= 15 is 0 Å². The monoisotopic (exact) mass is 312 g/mol. The van der Waals surface area contributed by atoms with Crippen molar-refractivity contribution in [2.75, 3.05) is 25.1 Å². The SMILES string of the molecule is Cc1ccc2c(n1)N(C)C(CO)CCN(Cc1cccnc1)C2. The molecule has 1 aliphatic heterocycles. The summed E-state index contributed by atoms with van der Waals surface area (Å²) < 4.78 is 0. The minimum Gasteiger partial charge on any atom is -0.394 e. The van der Waals surface area contributed by atoms with Gasteiger partial charge in [-0.05, 0) is 31.0 Å². The summed E-state index contributed by atoms with van der Waals surface area (Å²) in [5.41, 5.74) is 3.43. The molecule has 0 spiro atoms. The Morgan fingerprint density at radius 2 is 2.17 bits per heavy atom. The molecule has 5 heteroatoms. The number of hydrogen-bond donors (Lipinski definition) is 1. The van der Waals surface area contributed by atoms with Gasteiger partial charge in [-0.15, -0.1) is 0 Å². The van der Waals surface area contributed by atoms with E-state index in [1.54, 1.807) is 6.20 Å². The van der Waals surface area contributed by atoms with Crippen molar-refractivity contribution >= 4 is 5.82 Å². The predicted molar refractivity (Wildman–Crippen MR) is 91.2 cm³/mol. The van der Waals surface area contributed by atoms with E-state index in [0.717, 1.165) is 37.6 Å². The molecule has 2 aromatic rings. The molecular formula is C18H24N4O. The highest BCUT2D eigenvalue weighted by molar-refractivity contribution is 5.48. The lowest BCUT2D eigenvalue weighted by atomic mass is 10.1. The normalized spacial score (nSPS) is 19.1. The number of rotatable bonds is 3. The van der Waals surface area contributed by atoms with E-state index in [1.165, 1.54) is 11.1 Å². The van der Waals surface area contributed by atoms with Crippen molar-refractivity contribution in [3.8, 4) is 0 Å². The lowest BCUT2D eigenvalue weighted by Gasteiger charge is -2.35. The van der Waals surface area contributed by atoms with Crippen molar-refractivity contribution in [2.45, 2.75) is 32.5 Å². The lowest BCUT2D eigenvalue weighted by Crippen LogP contribution is -2.41. The first kappa shape index (κ1) is 15.9. The molecule has 23 heavy (non-hydrogen) atoms. The lowest BCUT2D eigenvalue weighted by molar-refractivity contribution is 0.205. The van der Waals surface area contributed by atoms with Gasteiger partial charge in [0.1, 0.15) is 5.82 Å². The quantitative estimate of drug-likeness (QED) is 0.939. The summed E-state index contributed by atoms with van der Waals surface area (Å²) >= 11 is 0. The van der Waals surface area contributed by atoms with Gasteiger partial charge in [0.15, 0.2) is 0 Å². The fourth-order valence-corrected chi connectivity index (χ4v) is 3.12. The van der Waals surface area contributed by atoms with E-state index in [2.05, 4.69) is 33.0 Å². The molecule has 1 N–H and O–H groups in total. The number of fused-ring (bicyclic) bond motifs is 1. The summed E-state index contributed by atoms with van der Waals surface area (Å²) in [6.07, 6.45) is 4.64. The Labute approximate surface area is 137 Å². The smallest absolute Gasteiger partial charge is 0.133 e. The molecule has 3 heterocycles. The second kappa shape index (κ2) is 7.06. The number of pyridine rings is 2. The number of aryl methyl sites for hydroxylation is 1. The molecule has 0 saturated heterocycles. The van der Waals surface area contributed by atoms with Crippen LogP contribution in [0.4, 0.5) is 5.82 Å². The molecule has 3 rings (SSSR count). The molecule has 1 unspecified atom stereocenters. The molecule has 1 atom stereocenters. The van der Waals surface area contributed by atoms with Crippen LogP contribution in [0.25, 0.3) is 0 Å². The molecule has 1 aliphatic rings. The van der Waals surface area contributed by atoms with Gasteiger partial charge >= 0.3 is 0 Å². The van der Waals surface area contributed by atoms with Crippen LogP contribution in [0.3, 0.4) is 0 Å². The van der Waals surface area contributed by atoms with Crippen LogP contribution in [-0.4, -0.2) is 46.2 Å². The van der Waals surface area contributed by atoms with Crippen molar-refractivity contribution < 1.29 is 5.11 Å². The first-order valence-electron chi connectivity index (χ1n) is 8.09. The van der Waals surface area contributed by atoms with E-state index in [9.17, 15) is 5.11 Å². The van der Waals surface area contributed by atoms with Crippen molar-refractivity contribution in [3.05, 3.63) is 53.5 Å². The van der Waals surface area contributed by atoms with Gasteiger partial charge in [0.2, 0.25) is 0 Å². The molecule has 0 aromatic carbocycles. The third-order valence-corrected chi connectivity index (χ3v) is 4.49. The molecule has 5 nitrogen and oxygen atoms in total. The Bertz CT molecular complexity index is 647. The third kappa shape index (κ3) is 3.68. The number of aliphatic hydroxyl groups is 1. The van der Waals surface area contributed by atoms with Crippen LogP contribution in [0.5, 0.6) is 0 Å². The van der Waals surface area contributed by atoms with E-state index < -0.39 is 0 Å². The molecule has 0 fully saturated rings. The summed E-state index contributed by atoms with van der Waals surface area (Å²) in [6, 6.07) is 8.40. The Kier molecular flexibility index (Phi) is 4.88. The first-order chi connectivity index (χ1) is 11.2. The van der Waals surface area contributed by atoms with Gasteiger partial charge in [0.05, 0.1) is 12.6 Å². The van der Waals surface area contributed by atoms with Crippen molar-refractivity contribution in [1.82, 2.24) is 14.9 Å². The minimum absolute atomic E-state index is 0.0970. The van der Waals surface area contributed by atoms with Gasteiger partial charge in [-0.2, -0.15) is 0 Å². The van der Waals surface area contributed by atoms with Crippen LogP contribution in [-0.2, 0) is 13.1 Å². The highest BCUT2D eigenvalue weighted by Crippen LogP contribution is 2.25. The average Bonchev–Trinajstić information content (AvgIpc) is 2.56. The van der Waals surface area contributed by atoms with Crippen LogP contribution in [0.15, 0.2) is 36.7 Å². The van der Waals surface area contributed by atoms with Gasteiger partial charge < -0.3 is 10.0 Å². The van der Waals surface area contributed by atoms with Crippen LogP contribution in [0.1, 0.15) is 23.2 Å².